The number of anilines is 1. The third-order valence-corrected chi connectivity index (χ3v) is 3.61. The maximum absolute atomic E-state index is 11.1. The monoisotopic (exact) mass is 294 g/mol. The van der Waals surface area contributed by atoms with Crippen LogP contribution in [0, 0.1) is 17.0 Å². The zero-order chi connectivity index (χ0) is 15.4. The largest absolute Gasteiger partial charge is 0.480 e. The number of aliphatic carboxylic acids is 1. The number of ether oxygens (including phenoxy) is 1. The number of carboxylic acid groups (broad SMARTS) is 1. The molecule has 0 spiro atoms. The van der Waals surface area contributed by atoms with Crippen LogP contribution < -0.4 is 4.90 Å². The van der Waals surface area contributed by atoms with Crippen LogP contribution in [0.25, 0.3) is 0 Å². The summed E-state index contributed by atoms with van der Waals surface area (Å²) in [5.41, 5.74) is 1.63. The van der Waals surface area contributed by atoms with Gasteiger partial charge in [-0.2, -0.15) is 0 Å². The number of carboxylic acids is 1. The second-order valence-electron chi connectivity index (χ2n) is 5.09. The summed E-state index contributed by atoms with van der Waals surface area (Å²) in [6, 6.07) is 5.05. The first-order valence-corrected chi connectivity index (χ1v) is 6.81. The van der Waals surface area contributed by atoms with Gasteiger partial charge in [0.15, 0.2) is 0 Å². The summed E-state index contributed by atoms with van der Waals surface area (Å²) in [5.74, 6) is -0.980. The molecule has 1 N–H and O–H groups in total. The molecule has 1 heterocycles. The van der Waals surface area contributed by atoms with Gasteiger partial charge in [-0.1, -0.05) is 12.1 Å². The number of hydrogen-bond acceptors (Lipinski definition) is 5. The van der Waals surface area contributed by atoms with Crippen LogP contribution in [0.2, 0.25) is 0 Å². The average Bonchev–Trinajstić information content (AvgIpc) is 2.45. The number of benzene rings is 1. The van der Waals surface area contributed by atoms with E-state index in [0.717, 1.165) is 5.56 Å². The molecule has 1 saturated heterocycles. The summed E-state index contributed by atoms with van der Waals surface area (Å²) in [6.45, 7) is 2.80. The van der Waals surface area contributed by atoms with Gasteiger partial charge in [-0.05, 0) is 25.3 Å². The van der Waals surface area contributed by atoms with E-state index in [1.807, 2.05) is 17.9 Å². The van der Waals surface area contributed by atoms with Gasteiger partial charge in [0.25, 0.3) is 5.69 Å². The van der Waals surface area contributed by atoms with Crippen LogP contribution in [-0.2, 0) is 9.53 Å². The third-order valence-electron chi connectivity index (χ3n) is 3.61. The van der Waals surface area contributed by atoms with Crippen LogP contribution in [0.4, 0.5) is 11.4 Å². The van der Waals surface area contributed by atoms with E-state index in [0.29, 0.717) is 31.6 Å². The Hall–Kier alpha value is -2.15. The molecule has 0 radical (unpaired) electrons. The summed E-state index contributed by atoms with van der Waals surface area (Å²) in [4.78, 5) is 23.2. The number of piperidine rings is 1. The Morgan fingerprint density at radius 3 is 2.71 bits per heavy atom. The summed E-state index contributed by atoms with van der Waals surface area (Å²) in [7, 11) is 0. The van der Waals surface area contributed by atoms with Gasteiger partial charge in [0.05, 0.1) is 11.0 Å². The summed E-state index contributed by atoms with van der Waals surface area (Å²) in [6.07, 6.45) is 1.23. The number of carbonyl (C=O) groups is 1. The third kappa shape index (κ3) is 3.69. The molecular weight excluding hydrogens is 276 g/mol. The van der Waals surface area contributed by atoms with Gasteiger partial charge >= 0.3 is 5.97 Å². The number of hydrogen-bond donors (Lipinski definition) is 1. The van der Waals surface area contributed by atoms with E-state index >= 15 is 0 Å². The minimum Gasteiger partial charge on any atom is -0.480 e. The minimum atomic E-state index is -0.980. The van der Waals surface area contributed by atoms with Gasteiger partial charge in [0, 0.05) is 19.2 Å². The van der Waals surface area contributed by atoms with Gasteiger partial charge in [-0.25, -0.2) is 4.79 Å². The molecule has 1 aromatic carbocycles. The molecular formula is C14H18N2O5. The van der Waals surface area contributed by atoms with Crippen molar-refractivity contribution < 1.29 is 19.6 Å². The van der Waals surface area contributed by atoms with Gasteiger partial charge in [0.1, 0.15) is 12.3 Å². The molecule has 2 rings (SSSR count). The first-order valence-electron chi connectivity index (χ1n) is 6.81. The lowest BCUT2D eigenvalue weighted by molar-refractivity contribution is -0.384. The Bertz CT molecular complexity index is 538. The molecule has 7 heteroatoms. The summed E-state index contributed by atoms with van der Waals surface area (Å²) < 4.78 is 5.28. The first-order chi connectivity index (χ1) is 9.99. The van der Waals surface area contributed by atoms with Crippen LogP contribution in [0.1, 0.15) is 18.4 Å². The number of nitro groups is 1. The van der Waals surface area contributed by atoms with Gasteiger partial charge in [0.2, 0.25) is 0 Å². The van der Waals surface area contributed by atoms with Crippen molar-refractivity contribution in [2.45, 2.75) is 25.9 Å². The average molecular weight is 294 g/mol. The van der Waals surface area contributed by atoms with Crippen LogP contribution >= 0.6 is 0 Å². The number of aryl methyl sites for hydroxylation is 1. The van der Waals surface area contributed by atoms with Crippen molar-refractivity contribution in [3.8, 4) is 0 Å². The Labute approximate surface area is 122 Å². The van der Waals surface area contributed by atoms with Gasteiger partial charge in [-0.3, -0.25) is 10.1 Å². The van der Waals surface area contributed by atoms with Crippen molar-refractivity contribution in [2.24, 2.45) is 0 Å². The fourth-order valence-electron chi connectivity index (χ4n) is 2.64. The molecule has 0 amide bonds. The standard InChI is InChI=1S/C14H18N2O5/c1-10-3-2-4-12(16(19)20)14(10)15-7-5-11(6-8-15)21-9-13(17)18/h2-4,11H,5-9H2,1H3,(H,17,18). The van der Waals surface area contributed by atoms with Gasteiger partial charge < -0.3 is 14.7 Å². The highest BCUT2D eigenvalue weighted by molar-refractivity contribution is 5.68. The fourth-order valence-corrected chi connectivity index (χ4v) is 2.64. The molecule has 114 valence electrons. The first kappa shape index (κ1) is 15.2. The smallest absolute Gasteiger partial charge is 0.329 e. The lowest BCUT2D eigenvalue weighted by atomic mass is 10.0. The van der Waals surface area contributed by atoms with Crippen LogP contribution in [-0.4, -0.2) is 41.8 Å². The highest BCUT2D eigenvalue weighted by Crippen LogP contribution is 2.33. The molecule has 1 aliphatic rings. The Balaban J connectivity index is 2.06. The molecule has 1 aromatic rings. The molecule has 1 aliphatic heterocycles. The minimum absolute atomic E-state index is 0.0968. The van der Waals surface area contributed by atoms with Gasteiger partial charge in [-0.15, -0.1) is 0 Å². The Morgan fingerprint density at radius 2 is 2.14 bits per heavy atom. The SMILES string of the molecule is Cc1cccc([N+](=O)[O-])c1N1CCC(OCC(=O)O)CC1. The quantitative estimate of drug-likeness (QED) is 0.659. The van der Waals surface area contributed by atoms with Crippen molar-refractivity contribution in [1.82, 2.24) is 0 Å². The van der Waals surface area contributed by atoms with Crippen molar-refractivity contribution in [3.05, 3.63) is 33.9 Å². The molecule has 7 nitrogen and oxygen atoms in total. The number of nitro benzene ring substituents is 1. The zero-order valence-electron chi connectivity index (χ0n) is 11.8. The van der Waals surface area contributed by atoms with Crippen molar-refractivity contribution in [2.75, 3.05) is 24.6 Å². The molecule has 0 bridgehead atoms. The molecule has 21 heavy (non-hydrogen) atoms. The van der Waals surface area contributed by atoms with Crippen molar-refractivity contribution in [3.63, 3.8) is 0 Å². The van der Waals surface area contributed by atoms with Crippen molar-refractivity contribution in [1.29, 1.82) is 0 Å². The number of para-hydroxylation sites is 1. The van der Waals surface area contributed by atoms with E-state index in [-0.39, 0.29) is 23.3 Å². The van der Waals surface area contributed by atoms with E-state index < -0.39 is 5.97 Å². The molecule has 0 saturated carbocycles. The highest BCUT2D eigenvalue weighted by Gasteiger charge is 2.26. The normalized spacial score (nSPS) is 16.0. The van der Waals surface area contributed by atoms with E-state index in [4.69, 9.17) is 9.84 Å². The maximum Gasteiger partial charge on any atom is 0.329 e. The molecule has 0 aliphatic carbocycles. The lowest BCUT2D eigenvalue weighted by Gasteiger charge is -2.33. The molecule has 0 atom stereocenters. The predicted octanol–water partition coefficient (Wildman–Crippen LogP) is 1.97. The van der Waals surface area contributed by atoms with E-state index in [9.17, 15) is 14.9 Å². The predicted molar refractivity (Wildman–Crippen MR) is 76.7 cm³/mol. The van der Waals surface area contributed by atoms with Crippen LogP contribution in [0.15, 0.2) is 18.2 Å². The zero-order valence-corrected chi connectivity index (χ0v) is 11.8. The molecule has 0 unspecified atom stereocenters. The fraction of sp³-hybridized carbons (Fsp3) is 0.500. The van der Waals surface area contributed by atoms with Crippen molar-refractivity contribution >= 4 is 17.3 Å². The number of rotatable bonds is 5. The molecule has 0 aromatic heterocycles. The maximum atomic E-state index is 11.1. The second-order valence-corrected chi connectivity index (χ2v) is 5.09. The molecule has 1 fully saturated rings. The van der Waals surface area contributed by atoms with Crippen LogP contribution in [0.5, 0.6) is 0 Å². The van der Waals surface area contributed by atoms with E-state index in [1.54, 1.807) is 6.07 Å². The summed E-state index contributed by atoms with van der Waals surface area (Å²) in [5, 5.41) is 19.7. The second kappa shape index (κ2) is 6.53. The lowest BCUT2D eigenvalue weighted by Crippen LogP contribution is -2.38. The number of nitrogens with zero attached hydrogens (tertiary/aromatic N) is 2. The Morgan fingerprint density at radius 1 is 1.48 bits per heavy atom. The van der Waals surface area contributed by atoms with E-state index in [1.165, 1.54) is 6.07 Å². The topological polar surface area (TPSA) is 92.9 Å². The van der Waals surface area contributed by atoms with E-state index in [2.05, 4.69) is 0 Å². The highest BCUT2D eigenvalue weighted by atomic mass is 16.6. The summed E-state index contributed by atoms with van der Waals surface area (Å²) >= 11 is 0. The Kier molecular flexibility index (Phi) is 4.74. The van der Waals surface area contributed by atoms with Crippen LogP contribution in [0.3, 0.4) is 0 Å².